The number of anilines is 2. The van der Waals surface area contributed by atoms with Gasteiger partial charge in [-0.05, 0) is 71.5 Å². The van der Waals surface area contributed by atoms with E-state index in [1.807, 2.05) is 6.92 Å². The topological polar surface area (TPSA) is 135 Å². The van der Waals surface area contributed by atoms with Gasteiger partial charge in [0.15, 0.2) is 0 Å². The smallest absolute Gasteiger partial charge is 0.416 e. The van der Waals surface area contributed by atoms with Crippen LogP contribution in [0, 0.1) is 0 Å². The van der Waals surface area contributed by atoms with Gasteiger partial charge in [0.05, 0.1) is 36.7 Å². The normalized spacial score (nSPS) is 16.2. The van der Waals surface area contributed by atoms with E-state index in [4.69, 9.17) is 14.5 Å². The summed E-state index contributed by atoms with van der Waals surface area (Å²) in [6, 6.07) is 5.56. The molecule has 46 heavy (non-hydrogen) atoms. The van der Waals surface area contributed by atoms with E-state index in [0.29, 0.717) is 42.9 Å². The Morgan fingerprint density at radius 2 is 1.85 bits per heavy atom. The zero-order chi connectivity index (χ0) is 32.8. The molecule has 0 aliphatic carbocycles. The van der Waals surface area contributed by atoms with Crippen molar-refractivity contribution in [2.45, 2.75) is 71.0 Å². The molecule has 3 aromatic heterocycles. The van der Waals surface area contributed by atoms with Crippen molar-refractivity contribution in [3.63, 3.8) is 0 Å². The summed E-state index contributed by atoms with van der Waals surface area (Å²) in [5, 5.41) is 13.7. The second kappa shape index (κ2) is 14.0. The van der Waals surface area contributed by atoms with Gasteiger partial charge in [0.1, 0.15) is 12.5 Å². The molecule has 16 heteroatoms. The summed E-state index contributed by atoms with van der Waals surface area (Å²) in [5.74, 6) is 1.08. The lowest BCUT2D eigenvalue weighted by molar-refractivity contribution is -0.137. The van der Waals surface area contributed by atoms with Gasteiger partial charge in [-0.15, -0.1) is 5.10 Å². The van der Waals surface area contributed by atoms with Crippen LogP contribution in [0.4, 0.5) is 34.0 Å². The molecule has 0 fully saturated rings. The second-order valence-electron chi connectivity index (χ2n) is 10.7. The summed E-state index contributed by atoms with van der Waals surface area (Å²) in [4.78, 5) is 30.4. The highest BCUT2D eigenvalue weighted by Crippen LogP contribution is 2.43. The number of H-pyrrole nitrogens is 1. The minimum atomic E-state index is -4.68. The molecule has 0 radical (unpaired) electrons. The van der Waals surface area contributed by atoms with E-state index >= 15 is 0 Å². The second-order valence-corrected chi connectivity index (χ2v) is 10.7. The van der Waals surface area contributed by atoms with Crippen LogP contribution in [0.25, 0.3) is 0 Å². The lowest BCUT2D eigenvalue weighted by Gasteiger charge is -2.43. The zero-order valence-corrected chi connectivity index (χ0v) is 25.5. The fourth-order valence-corrected chi connectivity index (χ4v) is 5.53. The van der Waals surface area contributed by atoms with Gasteiger partial charge >= 0.3 is 12.3 Å². The van der Waals surface area contributed by atoms with Crippen LogP contribution in [0.5, 0.6) is 5.88 Å². The van der Waals surface area contributed by atoms with Gasteiger partial charge in [-0.2, -0.15) is 13.2 Å². The third-order valence-electron chi connectivity index (χ3n) is 7.71. The SMILES string of the molecule is CCOC(=O)N1c2ccc(OC)nc2[C@@H](N(Cc2cc(CF)cc(C(F)(F)F)c2)c2ncc(CCc3nnn[nH]3)cn2)C[C@H]1CC. The molecular formula is C30H33F4N9O3. The number of carbonyl (C=O) groups is 1. The Morgan fingerprint density at radius 3 is 2.48 bits per heavy atom. The number of hydrogen-bond acceptors (Lipinski definition) is 10. The first-order valence-corrected chi connectivity index (χ1v) is 14.7. The number of aromatic amines is 1. The van der Waals surface area contributed by atoms with E-state index in [0.717, 1.165) is 17.7 Å². The Kier molecular flexibility index (Phi) is 9.92. The first kappa shape index (κ1) is 32.5. The molecule has 12 nitrogen and oxygen atoms in total. The Morgan fingerprint density at radius 1 is 1.09 bits per heavy atom. The van der Waals surface area contributed by atoms with Crippen molar-refractivity contribution in [3.8, 4) is 5.88 Å². The molecule has 1 aliphatic rings. The van der Waals surface area contributed by atoms with E-state index in [1.54, 1.807) is 41.2 Å². The van der Waals surface area contributed by atoms with Gasteiger partial charge in [0, 0.05) is 37.5 Å². The van der Waals surface area contributed by atoms with Crippen LogP contribution in [0.2, 0.25) is 0 Å². The van der Waals surface area contributed by atoms with Crippen LogP contribution < -0.4 is 14.5 Å². The number of hydrogen-bond donors (Lipinski definition) is 1. The van der Waals surface area contributed by atoms with Gasteiger partial charge in [-0.3, -0.25) is 4.90 Å². The number of fused-ring (bicyclic) bond motifs is 1. The van der Waals surface area contributed by atoms with Crippen molar-refractivity contribution in [1.29, 1.82) is 0 Å². The van der Waals surface area contributed by atoms with Crippen molar-refractivity contribution in [2.75, 3.05) is 23.5 Å². The Balaban J connectivity index is 1.60. The number of methoxy groups -OCH3 is 1. The summed E-state index contributed by atoms with van der Waals surface area (Å²) < 4.78 is 66.0. The summed E-state index contributed by atoms with van der Waals surface area (Å²) in [7, 11) is 1.46. The van der Waals surface area contributed by atoms with Crippen LogP contribution in [-0.2, 0) is 37.0 Å². The maximum atomic E-state index is 13.8. The third-order valence-corrected chi connectivity index (χ3v) is 7.71. The average Bonchev–Trinajstić information content (AvgIpc) is 3.59. The number of pyridine rings is 1. The number of benzene rings is 1. The molecule has 1 N–H and O–H groups in total. The minimum absolute atomic E-state index is 0.105. The monoisotopic (exact) mass is 643 g/mol. The Bertz CT molecular complexity index is 1620. The van der Waals surface area contributed by atoms with Gasteiger partial charge in [-0.25, -0.2) is 29.2 Å². The van der Waals surface area contributed by atoms with Gasteiger partial charge in [0.2, 0.25) is 11.8 Å². The molecule has 2 atom stereocenters. The number of halogens is 4. The fraction of sp³-hybridized carbons (Fsp3) is 0.433. The number of ether oxygens (including phenoxy) is 2. The van der Waals surface area contributed by atoms with E-state index in [-0.39, 0.29) is 42.1 Å². The molecule has 0 bridgehead atoms. The van der Waals surface area contributed by atoms with Gasteiger partial charge in [-0.1, -0.05) is 13.0 Å². The molecule has 0 spiro atoms. The zero-order valence-electron chi connectivity index (χ0n) is 25.5. The van der Waals surface area contributed by atoms with Crippen molar-refractivity contribution in [3.05, 3.63) is 76.5 Å². The third kappa shape index (κ3) is 7.15. The molecule has 0 saturated heterocycles. The number of alkyl halides is 4. The van der Waals surface area contributed by atoms with E-state index in [1.165, 1.54) is 13.2 Å². The highest BCUT2D eigenvalue weighted by Gasteiger charge is 2.41. The van der Waals surface area contributed by atoms with Crippen LogP contribution in [0.1, 0.15) is 66.5 Å². The van der Waals surface area contributed by atoms with E-state index < -0.39 is 30.5 Å². The molecule has 4 heterocycles. The number of nitrogens with one attached hydrogen (secondary N) is 1. The first-order chi connectivity index (χ1) is 22.1. The fourth-order valence-electron chi connectivity index (χ4n) is 5.53. The van der Waals surface area contributed by atoms with E-state index in [2.05, 4.69) is 30.6 Å². The molecule has 1 aliphatic heterocycles. The Labute approximate surface area is 262 Å². The van der Waals surface area contributed by atoms with Gasteiger partial charge in [0.25, 0.3) is 0 Å². The predicted octanol–water partition coefficient (Wildman–Crippen LogP) is 5.56. The average molecular weight is 644 g/mol. The van der Waals surface area contributed by atoms with E-state index in [9.17, 15) is 22.4 Å². The molecule has 0 saturated carbocycles. The van der Waals surface area contributed by atoms with Crippen molar-refractivity contribution in [1.82, 2.24) is 35.6 Å². The number of rotatable bonds is 11. The molecule has 5 rings (SSSR count). The number of tetrazole rings is 1. The van der Waals surface area contributed by atoms with Crippen LogP contribution in [0.3, 0.4) is 0 Å². The number of carbonyl (C=O) groups excluding carboxylic acids is 1. The first-order valence-electron chi connectivity index (χ1n) is 14.7. The van der Waals surface area contributed by atoms with Crippen LogP contribution in [0.15, 0.2) is 42.7 Å². The maximum Gasteiger partial charge on any atom is 0.416 e. The van der Waals surface area contributed by atoms with Crippen molar-refractivity contribution in [2.24, 2.45) is 0 Å². The number of aryl methyl sites for hydroxylation is 2. The molecular weight excluding hydrogens is 610 g/mol. The minimum Gasteiger partial charge on any atom is -0.481 e. The summed E-state index contributed by atoms with van der Waals surface area (Å²) >= 11 is 0. The summed E-state index contributed by atoms with van der Waals surface area (Å²) in [6.45, 7) is 2.62. The molecule has 1 aromatic carbocycles. The standard InChI is InChI=1S/C30H33F4N9O3/c1-4-22-13-24(27-23(7-9-26(37-27)45-3)43(22)29(44)46-5-2)42(17-20-10-19(14-31)11-21(12-20)30(32,33)34)28-35-15-18(16-36-28)6-8-25-38-40-41-39-25/h7,9-12,15-16,22,24H,4-6,8,13-14,17H2,1-3H3,(H,38,39,40,41)/t22-,24+/m1/s1. The predicted molar refractivity (Wildman–Crippen MR) is 158 cm³/mol. The Hall–Kier alpha value is -4.89. The number of amides is 1. The molecule has 0 unspecified atom stereocenters. The van der Waals surface area contributed by atoms with Crippen molar-refractivity contribution < 1.29 is 31.8 Å². The molecule has 4 aromatic rings. The largest absolute Gasteiger partial charge is 0.481 e. The highest BCUT2D eigenvalue weighted by atomic mass is 19.4. The maximum absolute atomic E-state index is 13.8. The lowest BCUT2D eigenvalue weighted by atomic mass is 9.92. The van der Waals surface area contributed by atoms with Crippen LogP contribution in [-0.4, -0.2) is 61.4 Å². The quantitative estimate of drug-likeness (QED) is 0.207. The number of aromatic nitrogens is 7. The van der Waals surface area contributed by atoms with Gasteiger partial charge < -0.3 is 14.4 Å². The van der Waals surface area contributed by atoms with Crippen LogP contribution >= 0.6 is 0 Å². The lowest BCUT2D eigenvalue weighted by Crippen LogP contribution is -2.48. The summed E-state index contributed by atoms with van der Waals surface area (Å²) in [5.41, 5.74) is 0.825. The number of nitrogens with zero attached hydrogens (tertiary/aromatic N) is 8. The molecule has 244 valence electrons. The highest BCUT2D eigenvalue weighted by molar-refractivity contribution is 5.90. The summed E-state index contributed by atoms with van der Waals surface area (Å²) in [6.07, 6.45) is -0.0600. The molecule has 1 amide bonds. The van der Waals surface area contributed by atoms with Crippen molar-refractivity contribution >= 4 is 17.7 Å².